The molecule has 0 unspecified atom stereocenters. The van der Waals surface area contributed by atoms with E-state index in [4.69, 9.17) is 0 Å². The van der Waals surface area contributed by atoms with Crippen molar-refractivity contribution >= 4 is 11.3 Å². The predicted octanol–water partition coefficient (Wildman–Crippen LogP) is 3.24. The number of aromatic nitrogens is 4. The van der Waals surface area contributed by atoms with Crippen molar-refractivity contribution in [2.75, 3.05) is 0 Å². The van der Waals surface area contributed by atoms with Gasteiger partial charge in [0.05, 0.1) is 12.5 Å². The lowest BCUT2D eigenvalue weighted by Gasteiger charge is -2.15. The molecule has 0 radical (unpaired) electrons. The monoisotopic (exact) mass is 284 g/mol. The minimum absolute atomic E-state index is 0.224. The molecular formula is C15H16N4S. The Balaban J connectivity index is 1.86. The average molecular weight is 284 g/mol. The molecule has 3 aromatic rings. The van der Waals surface area contributed by atoms with E-state index in [2.05, 4.69) is 56.3 Å². The van der Waals surface area contributed by atoms with Crippen molar-refractivity contribution in [2.45, 2.75) is 26.3 Å². The van der Waals surface area contributed by atoms with Gasteiger partial charge >= 0.3 is 0 Å². The summed E-state index contributed by atoms with van der Waals surface area (Å²) in [6.07, 6.45) is 2.53. The molecule has 0 aliphatic heterocycles. The fourth-order valence-electron chi connectivity index (χ4n) is 2.23. The van der Waals surface area contributed by atoms with Crippen LogP contribution in [0.3, 0.4) is 0 Å². The highest BCUT2D eigenvalue weighted by Crippen LogP contribution is 2.20. The second-order valence-electron chi connectivity index (χ2n) is 4.80. The Morgan fingerprint density at radius 1 is 1.25 bits per heavy atom. The van der Waals surface area contributed by atoms with E-state index in [1.807, 2.05) is 13.0 Å². The second-order valence-corrected chi connectivity index (χ2v) is 5.74. The minimum Gasteiger partial charge on any atom is -0.310 e. The first-order valence-corrected chi connectivity index (χ1v) is 7.46. The second kappa shape index (κ2) is 5.54. The third kappa shape index (κ3) is 2.63. The SMILES string of the molecule is Cc1csc(Cc2nncn2[C@H](C)c2ccccc2)n1. The summed E-state index contributed by atoms with van der Waals surface area (Å²) in [6.45, 7) is 4.17. The summed E-state index contributed by atoms with van der Waals surface area (Å²) in [5.74, 6) is 0.954. The normalized spacial score (nSPS) is 12.5. The Labute approximate surface area is 122 Å². The third-order valence-corrected chi connectivity index (χ3v) is 4.29. The van der Waals surface area contributed by atoms with Crippen molar-refractivity contribution in [3.05, 3.63) is 64.1 Å². The van der Waals surface area contributed by atoms with Crippen molar-refractivity contribution in [2.24, 2.45) is 0 Å². The van der Waals surface area contributed by atoms with Crippen LogP contribution in [-0.2, 0) is 6.42 Å². The van der Waals surface area contributed by atoms with E-state index in [0.29, 0.717) is 0 Å². The van der Waals surface area contributed by atoms with Gasteiger partial charge < -0.3 is 4.57 Å². The number of thiazole rings is 1. The van der Waals surface area contributed by atoms with Crippen molar-refractivity contribution < 1.29 is 0 Å². The van der Waals surface area contributed by atoms with Gasteiger partial charge in [-0.2, -0.15) is 0 Å². The Morgan fingerprint density at radius 3 is 2.75 bits per heavy atom. The number of hydrogen-bond donors (Lipinski definition) is 0. The first-order chi connectivity index (χ1) is 9.74. The zero-order valence-corrected chi connectivity index (χ0v) is 12.3. The standard InChI is InChI=1S/C15H16N4S/c1-11-9-20-15(17-11)8-14-18-16-10-19(14)12(2)13-6-4-3-5-7-13/h3-7,9-10,12H,8H2,1-2H3/t12-/m1/s1. The first-order valence-electron chi connectivity index (χ1n) is 6.58. The molecule has 0 spiro atoms. The third-order valence-electron chi connectivity index (χ3n) is 3.32. The van der Waals surface area contributed by atoms with Gasteiger partial charge in [-0.3, -0.25) is 0 Å². The van der Waals surface area contributed by atoms with Gasteiger partial charge in [-0.15, -0.1) is 21.5 Å². The van der Waals surface area contributed by atoms with Gasteiger partial charge in [0.25, 0.3) is 0 Å². The fourth-order valence-corrected chi connectivity index (χ4v) is 3.00. The predicted molar refractivity (Wildman–Crippen MR) is 79.9 cm³/mol. The molecule has 5 heteroatoms. The maximum Gasteiger partial charge on any atom is 0.140 e. The highest BCUT2D eigenvalue weighted by molar-refractivity contribution is 7.09. The molecule has 0 saturated carbocycles. The summed E-state index contributed by atoms with van der Waals surface area (Å²) >= 11 is 1.67. The maximum atomic E-state index is 4.50. The molecule has 0 N–H and O–H groups in total. The van der Waals surface area contributed by atoms with Crippen LogP contribution in [0.25, 0.3) is 0 Å². The number of nitrogens with zero attached hydrogens (tertiary/aromatic N) is 4. The summed E-state index contributed by atoms with van der Waals surface area (Å²) in [4.78, 5) is 4.50. The molecule has 0 aliphatic carbocycles. The molecule has 0 fully saturated rings. The molecule has 1 atom stereocenters. The van der Waals surface area contributed by atoms with E-state index in [9.17, 15) is 0 Å². The molecule has 2 heterocycles. The van der Waals surface area contributed by atoms with Crippen LogP contribution in [0.2, 0.25) is 0 Å². The van der Waals surface area contributed by atoms with E-state index < -0.39 is 0 Å². The molecule has 0 aliphatic rings. The first kappa shape index (κ1) is 13.0. The van der Waals surface area contributed by atoms with Gasteiger partial charge in [-0.1, -0.05) is 30.3 Å². The minimum atomic E-state index is 0.224. The van der Waals surface area contributed by atoms with E-state index in [0.717, 1.165) is 22.9 Å². The quantitative estimate of drug-likeness (QED) is 0.738. The van der Waals surface area contributed by atoms with Crippen molar-refractivity contribution in [3.63, 3.8) is 0 Å². The van der Waals surface area contributed by atoms with Gasteiger partial charge in [-0.05, 0) is 19.4 Å². The molecule has 20 heavy (non-hydrogen) atoms. The van der Waals surface area contributed by atoms with E-state index >= 15 is 0 Å². The Morgan fingerprint density at radius 2 is 2.05 bits per heavy atom. The molecule has 102 valence electrons. The molecule has 0 amide bonds. The van der Waals surface area contributed by atoms with E-state index in [1.165, 1.54) is 5.56 Å². The lowest BCUT2D eigenvalue weighted by atomic mass is 10.1. The zero-order valence-electron chi connectivity index (χ0n) is 11.5. The Hall–Kier alpha value is -2.01. The van der Waals surface area contributed by atoms with Crippen LogP contribution in [0.15, 0.2) is 42.0 Å². The van der Waals surface area contributed by atoms with Crippen LogP contribution in [0.1, 0.15) is 35.1 Å². The van der Waals surface area contributed by atoms with Crippen LogP contribution in [0.4, 0.5) is 0 Å². The van der Waals surface area contributed by atoms with Crippen LogP contribution < -0.4 is 0 Å². The molecule has 0 saturated heterocycles. The van der Waals surface area contributed by atoms with Gasteiger partial charge in [0.2, 0.25) is 0 Å². The molecule has 2 aromatic heterocycles. The van der Waals surface area contributed by atoms with Crippen LogP contribution in [0, 0.1) is 6.92 Å². The van der Waals surface area contributed by atoms with Gasteiger partial charge in [0.1, 0.15) is 17.2 Å². The summed E-state index contributed by atoms with van der Waals surface area (Å²) in [6, 6.07) is 10.6. The summed E-state index contributed by atoms with van der Waals surface area (Å²) in [5.41, 5.74) is 2.32. The highest BCUT2D eigenvalue weighted by atomic mass is 32.1. The summed E-state index contributed by atoms with van der Waals surface area (Å²) < 4.78 is 2.12. The molecular weight excluding hydrogens is 268 g/mol. The van der Waals surface area contributed by atoms with Crippen molar-refractivity contribution in [1.82, 2.24) is 19.7 Å². The van der Waals surface area contributed by atoms with Crippen molar-refractivity contribution in [3.8, 4) is 0 Å². The van der Waals surface area contributed by atoms with Crippen molar-refractivity contribution in [1.29, 1.82) is 0 Å². The number of aryl methyl sites for hydroxylation is 1. The largest absolute Gasteiger partial charge is 0.310 e. The molecule has 1 aromatic carbocycles. The topological polar surface area (TPSA) is 43.6 Å². The Kier molecular flexibility index (Phi) is 3.60. The van der Waals surface area contributed by atoms with Crippen LogP contribution >= 0.6 is 11.3 Å². The number of benzene rings is 1. The summed E-state index contributed by atoms with van der Waals surface area (Å²) in [5, 5.41) is 11.5. The van der Waals surface area contributed by atoms with E-state index in [-0.39, 0.29) is 6.04 Å². The van der Waals surface area contributed by atoms with Gasteiger partial charge in [0.15, 0.2) is 0 Å². The lowest BCUT2D eigenvalue weighted by molar-refractivity contribution is 0.608. The molecule has 3 rings (SSSR count). The number of hydrogen-bond acceptors (Lipinski definition) is 4. The average Bonchev–Trinajstić information content (AvgIpc) is 3.09. The Bertz CT molecular complexity index is 687. The highest BCUT2D eigenvalue weighted by Gasteiger charge is 2.14. The van der Waals surface area contributed by atoms with Gasteiger partial charge in [-0.25, -0.2) is 4.98 Å². The smallest absolute Gasteiger partial charge is 0.140 e. The summed E-state index contributed by atoms with van der Waals surface area (Å²) in [7, 11) is 0. The van der Waals surface area contributed by atoms with E-state index in [1.54, 1.807) is 17.7 Å². The van der Waals surface area contributed by atoms with Crippen LogP contribution in [0.5, 0.6) is 0 Å². The number of rotatable bonds is 4. The lowest BCUT2D eigenvalue weighted by Crippen LogP contribution is -2.10. The fraction of sp³-hybridized carbons (Fsp3) is 0.267. The molecule has 4 nitrogen and oxygen atoms in total. The van der Waals surface area contributed by atoms with Gasteiger partial charge in [0, 0.05) is 11.1 Å². The maximum absolute atomic E-state index is 4.50. The van der Waals surface area contributed by atoms with Crippen LogP contribution in [-0.4, -0.2) is 19.7 Å². The molecule has 0 bridgehead atoms. The zero-order chi connectivity index (χ0) is 13.9.